The summed E-state index contributed by atoms with van der Waals surface area (Å²) < 4.78 is 0.742. The van der Waals surface area contributed by atoms with Gasteiger partial charge in [0.2, 0.25) is 5.88 Å². The van der Waals surface area contributed by atoms with Crippen molar-refractivity contribution >= 4 is 29.4 Å². The first-order chi connectivity index (χ1) is 15.7. The summed E-state index contributed by atoms with van der Waals surface area (Å²) in [5.41, 5.74) is -2.10. The maximum atomic E-state index is 13.2. The van der Waals surface area contributed by atoms with Crippen LogP contribution in [0.15, 0.2) is 29.1 Å². The van der Waals surface area contributed by atoms with Gasteiger partial charge in [-0.3, -0.25) is 23.7 Å². The second-order valence-electron chi connectivity index (χ2n) is 7.79. The monoisotopic (exact) mass is 494 g/mol. The van der Waals surface area contributed by atoms with Crippen molar-refractivity contribution in [2.24, 2.45) is 0 Å². The van der Waals surface area contributed by atoms with Gasteiger partial charge >= 0.3 is 5.97 Å². The van der Waals surface area contributed by atoms with Crippen LogP contribution in [-0.4, -0.2) is 50.3 Å². The quantitative estimate of drug-likeness (QED) is 0.336. The van der Waals surface area contributed by atoms with Crippen molar-refractivity contribution in [2.45, 2.75) is 44.7 Å². The molecular formula is C22H27ClN4O7. The average Bonchev–Trinajstić information content (AvgIpc) is 2.77. The largest absolute Gasteiger partial charge is 0.506 e. The van der Waals surface area contributed by atoms with Gasteiger partial charge in [-0.05, 0) is 24.5 Å². The molecule has 1 saturated carbocycles. The molecule has 1 aliphatic carbocycles. The van der Waals surface area contributed by atoms with Gasteiger partial charge in [0.25, 0.3) is 17.4 Å². The third-order valence-electron chi connectivity index (χ3n) is 5.49. The molecule has 12 heteroatoms. The molecule has 1 heterocycles. The van der Waals surface area contributed by atoms with Crippen LogP contribution in [-0.2, 0) is 11.3 Å². The lowest BCUT2D eigenvalue weighted by atomic mass is 9.95. The Morgan fingerprint density at radius 2 is 1.68 bits per heavy atom. The number of benzene rings is 1. The fraction of sp³-hybridized carbons (Fsp3) is 0.364. The van der Waals surface area contributed by atoms with Crippen molar-refractivity contribution in [3.05, 3.63) is 56.3 Å². The van der Waals surface area contributed by atoms with Gasteiger partial charge in [-0.1, -0.05) is 49.1 Å². The minimum absolute atomic E-state index is 0. The molecule has 184 valence electrons. The number of aliphatic carboxylic acids is 1. The Balaban J connectivity index is 0.00000408. The Bertz CT molecular complexity index is 1140. The summed E-state index contributed by atoms with van der Waals surface area (Å²) in [6.45, 7) is -1.10. The molecule has 0 atom stereocenters. The molecule has 1 fully saturated rings. The predicted octanol–water partition coefficient (Wildman–Crippen LogP) is 2.00. The first-order valence-corrected chi connectivity index (χ1v) is 10.8. The Kier molecular flexibility index (Phi) is 9.04. The van der Waals surface area contributed by atoms with Crippen molar-refractivity contribution in [2.75, 3.05) is 6.54 Å². The zero-order valence-electron chi connectivity index (χ0n) is 18.3. The topological polar surface area (TPSA) is 193 Å². The molecule has 11 nitrogen and oxygen atoms in total. The van der Waals surface area contributed by atoms with Gasteiger partial charge in [-0.2, -0.15) is 0 Å². The summed E-state index contributed by atoms with van der Waals surface area (Å²) in [6, 6.07) is 6.28. The number of carbonyl (C=O) groups excluding carboxylic acids is 2. The zero-order valence-corrected chi connectivity index (χ0v) is 19.1. The number of nitrogens with zero attached hydrogens (tertiary/aromatic N) is 1. The Labute approximate surface area is 199 Å². The van der Waals surface area contributed by atoms with Crippen molar-refractivity contribution in [1.82, 2.24) is 21.4 Å². The van der Waals surface area contributed by atoms with E-state index < -0.39 is 52.6 Å². The van der Waals surface area contributed by atoms with E-state index in [0.717, 1.165) is 23.8 Å². The molecule has 0 bridgehead atoms. The van der Waals surface area contributed by atoms with Gasteiger partial charge in [-0.15, -0.1) is 0 Å². The number of carboxylic acid groups (broad SMARTS) is 1. The summed E-state index contributed by atoms with van der Waals surface area (Å²) in [6.07, 6.45) is 4.28. The van der Waals surface area contributed by atoms with E-state index in [1.807, 2.05) is 5.32 Å². The molecule has 34 heavy (non-hydrogen) atoms. The van der Waals surface area contributed by atoms with Crippen LogP contribution in [0.3, 0.4) is 0 Å². The van der Waals surface area contributed by atoms with Gasteiger partial charge < -0.3 is 32.1 Å². The number of halogens is 1. The van der Waals surface area contributed by atoms with E-state index in [1.54, 1.807) is 24.3 Å². The van der Waals surface area contributed by atoms with Crippen molar-refractivity contribution in [3.8, 4) is 11.6 Å². The third-order valence-corrected chi connectivity index (χ3v) is 5.86. The van der Waals surface area contributed by atoms with Crippen LogP contribution in [0, 0.1) is 0 Å². The van der Waals surface area contributed by atoms with Crippen LogP contribution in [0.1, 0.15) is 58.4 Å². The molecule has 1 aromatic carbocycles. The standard InChI is InChI=1S/C22H24ClN3O7.H3N/c23-14-9-5-4-6-12(14)11-26-21(32)16(19(30)24-10-15(27)28)18(29)17(22(26)33)20(31)25-13-7-2-1-3-8-13;/h4-6,9,13,29,32H,1-3,7-8,10-11H2,(H,24,30)(H,25,31)(H,27,28);1H3. The van der Waals surface area contributed by atoms with Crippen LogP contribution < -0.4 is 22.3 Å². The highest BCUT2D eigenvalue weighted by atomic mass is 35.5. The van der Waals surface area contributed by atoms with Crippen LogP contribution in [0.25, 0.3) is 0 Å². The molecule has 2 aromatic rings. The van der Waals surface area contributed by atoms with Gasteiger partial charge in [0.05, 0.1) is 6.54 Å². The molecule has 0 unspecified atom stereocenters. The number of carboxylic acids is 1. The minimum atomic E-state index is -1.36. The molecule has 1 aliphatic rings. The number of carbonyl (C=O) groups is 3. The highest BCUT2D eigenvalue weighted by Gasteiger charge is 2.31. The Hall–Kier alpha value is -3.57. The number of amides is 2. The van der Waals surface area contributed by atoms with Crippen molar-refractivity contribution in [3.63, 3.8) is 0 Å². The van der Waals surface area contributed by atoms with E-state index in [0.29, 0.717) is 18.4 Å². The summed E-state index contributed by atoms with van der Waals surface area (Å²) >= 11 is 6.16. The van der Waals surface area contributed by atoms with Crippen LogP contribution in [0.2, 0.25) is 5.02 Å². The van der Waals surface area contributed by atoms with E-state index in [1.165, 1.54) is 0 Å². The highest BCUT2D eigenvalue weighted by Crippen LogP contribution is 2.30. The predicted molar refractivity (Wildman–Crippen MR) is 124 cm³/mol. The lowest BCUT2D eigenvalue weighted by molar-refractivity contribution is -0.135. The van der Waals surface area contributed by atoms with Gasteiger partial charge in [0, 0.05) is 11.1 Å². The second kappa shape index (κ2) is 11.5. The average molecular weight is 495 g/mol. The van der Waals surface area contributed by atoms with Crippen molar-refractivity contribution < 1.29 is 29.7 Å². The maximum absolute atomic E-state index is 13.2. The van der Waals surface area contributed by atoms with E-state index >= 15 is 0 Å². The molecule has 0 spiro atoms. The van der Waals surface area contributed by atoms with E-state index in [-0.39, 0.29) is 23.8 Å². The highest BCUT2D eigenvalue weighted by molar-refractivity contribution is 6.31. The lowest BCUT2D eigenvalue weighted by Crippen LogP contribution is -2.41. The van der Waals surface area contributed by atoms with E-state index in [2.05, 4.69) is 5.32 Å². The second-order valence-corrected chi connectivity index (χ2v) is 8.20. The maximum Gasteiger partial charge on any atom is 0.322 e. The van der Waals surface area contributed by atoms with E-state index in [4.69, 9.17) is 16.7 Å². The smallest absolute Gasteiger partial charge is 0.322 e. The number of hydrogen-bond acceptors (Lipinski definition) is 7. The number of nitrogens with one attached hydrogen (secondary N) is 2. The SMILES string of the molecule is N.O=C(O)CNC(=O)c1c(O)c(C(=O)NC2CCCCC2)c(=O)n(Cc2ccccc2Cl)c1O. The van der Waals surface area contributed by atoms with Gasteiger partial charge in [0.15, 0.2) is 5.75 Å². The normalized spacial score (nSPS) is 13.6. The Morgan fingerprint density at radius 1 is 1.03 bits per heavy atom. The van der Waals surface area contributed by atoms with Crippen LogP contribution >= 0.6 is 11.6 Å². The first kappa shape index (κ1) is 26.7. The van der Waals surface area contributed by atoms with Gasteiger partial charge in [-0.25, -0.2) is 0 Å². The number of hydrogen-bond donors (Lipinski definition) is 6. The van der Waals surface area contributed by atoms with E-state index in [9.17, 15) is 29.4 Å². The molecular weight excluding hydrogens is 468 g/mol. The van der Waals surface area contributed by atoms with Crippen LogP contribution in [0.5, 0.6) is 11.6 Å². The fourth-order valence-corrected chi connectivity index (χ4v) is 4.00. The summed E-state index contributed by atoms with van der Waals surface area (Å²) in [5.74, 6) is -5.35. The molecule has 2 amide bonds. The molecule has 0 radical (unpaired) electrons. The number of pyridine rings is 1. The van der Waals surface area contributed by atoms with Crippen molar-refractivity contribution in [1.29, 1.82) is 0 Å². The van der Waals surface area contributed by atoms with Gasteiger partial charge in [0.1, 0.15) is 17.7 Å². The third kappa shape index (κ3) is 5.86. The first-order valence-electron chi connectivity index (χ1n) is 10.4. The Morgan fingerprint density at radius 3 is 2.29 bits per heavy atom. The molecule has 1 aromatic heterocycles. The number of aromatic hydroxyl groups is 2. The summed E-state index contributed by atoms with van der Waals surface area (Å²) in [4.78, 5) is 49.5. The molecule has 0 saturated heterocycles. The number of rotatable bonds is 7. The molecule has 8 N–H and O–H groups in total. The fourth-order valence-electron chi connectivity index (χ4n) is 3.80. The lowest BCUT2D eigenvalue weighted by Gasteiger charge is -2.23. The minimum Gasteiger partial charge on any atom is -0.506 e. The molecule has 0 aliphatic heterocycles. The van der Waals surface area contributed by atoms with Crippen LogP contribution in [0.4, 0.5) is 0 Å². The summed E-state index contributed by atoms with van der Waals surface area (Å²) in [5, 5.41) is 35.2. The zero-order chi connectivity index (χ0) is 24.1. The summed E-state index contributed by atoms with van der Waals surface area (Å²) in [7, 11) is 0. The molecule has 3 rings (SSSR count). The number of aromatic nitrogens is 1.